The van der Waals surface area contributed by atoms with Gasteiger partial charge in [0, 0.05) is 33.7 Å². The van der Waals surface area contributed by atoms with Gasteiger partial charge in [0.25, 0.3) is 15.9 Å². The fourth-order valence-corrected chi connectivity index (χ4v) is 5.75. The number of carbonyl (C=O) groups is 1. The maximum Gasteiger partial charge on any atom is 0.261 e. The van der Waals surface area contributed by atoms with Crippen molar-refractivity contribution in [1.82, 2.24) is 5.32 Å². The third-order valence-electron chi connectivity index (χ3n) is 4.90. The van der Waals surface area contributed by atoms with Crippen LogP contribution >= 0.6 is 35.0 Å². The van der Waals surface area contributed by atoms with Gasteiger partial charge < -0.3 is 5.32 Å². The van der Waals surface area contributed by atoms with E-state index in [4.69, 9.17) is 23.2 Å². The molecule has 3 aromatic carbocycles. The molecular formula is C24H24Cl2N2O3S2. The molecule has 0 heterocycles. The third kappa shape index (κ3) is 6.90. The molecule has 0 saturated heterocycles. The normalized spacial score (nSPS) is 11.3. The van der Waals surface area contributed by atoms with Crippen LogP contribution in [0.2, 0.25) is 10.0 Å². The third-order valence-corrected chi connectivity index (χ3v) is 7.98. The predicted molar refractivity (Wildman–Crippen MR) is 138 cm³/mol. The van der Waals surface area contributed by atoms with E-state index in [-0.39, 0.29) is 10.8 Å². The second kappa shape index (κ2) is 11.3. The van der Waals surface area contributed by atoms with Gasteiger partial charge in [0.2, 0.25) is 0 Å². The van der Waals surface area contributed by atoms with Crippen LogP contribution in [0.5, 0.6) is 0 Å². The maximum absolute atomic E-state index is 12.6. The van der Waals surface area contributed by atoms with Crippen LogP contribution in [0.1, 0.15) is 27.0 Å². The maximum atomic E-state index is 12.6. The Balaban J connectivity index is 1.53. The van der Waals surface area contributed by atoms with Crippen LogP contribution in [0.3, 0.4) is 0 Å². The first-order valence-electron chi connectivity index (χ1n) is 10.2. The molecule has 0 spiro atoms. The van der Waals surface area contributed by atoms with Gasteiger partial charge in [-0.05, 0) is 67.4 Å². The highest BCUT2D eigenvalue weighted by atomic mass is 35.5. The smallest absolute Gasteiger partial charge is 0.261 e. The molecule has 0 aliphatic heterocycles. The number of hydrogen-bond acceptors (Lipinski definition) is 4. The topological polar surface area (TPSA) is 75.3 Å². The van der Waals surface area contributed by atoms with Gasteiger partial charge in [0.05, 0.1) is 10.6 Å². The number of sulfonamides is 1. The Morgan fingerprint density at radius 3 is 2.27 bits per heavy atom. The van der Waals surface area contributed by atoms with Gasteiger partial charge in [-0.2, -0.15) is 11.8 Å². The van der Waals surface area contributed by atoms with Crippen molar-refractivity contribution in [2.75, 3.05) is 17.0 Å². The van der Waals surface area contributed by atoms with Crippen molar-refractivity contribution in [1.29, 1.82) is 0 Å². The van der Waals surface area contributed by atoms with Crippen LogP contribution in [0.15, 0.2) is 65.6 Å². The van der Waals surface area contributed by atoms with Crippen molar-refractivity contribution < 1.29 is 13.2 Å². The Morgan fingerprint density at radius 2 is 1.64 bits per heavy atom. The minimum Gasteiger partial charge on any atom is -0.351 e. The monoisotopic (exact) mass is 522 g/mol. The fraction of sp³-hybridized carbons (Fsp3) is 0.208. The number of anilines is 1. The molecule has 0 radical (unpaired) electrons. The number of rotatable bonds is 9. The summed E-state index contributed by atoms with van der Waals surface area (Å²) in [4.78, 5) is 12.7. The summed E-state index contributed by atoms with van der Waals surface area (Å²) in [7, 11) is -3.71. The van der Waals surface area contributed by atoms with Crippen LogP contribution in [-0.4, -0.2) is 26.6 Å². The van der Waals surface area contributed by atoms with Crippen LogP contribution < -0.4 is 10.0 Å². The zero-order valence-corrected chi connectivity index (χ0v) is 21.3. The Kier molecular flexibility index (Phi) is 8.70. The summed E-state index contributed by atoms with van der Waals surface area (Å²) in [6.45, 7) is 4.13. The Labute approximate surface area is 208 Å². The molecule has 33 heavy (non-hydrogen) atoms. The van der Waals surface area contributed by atoms with E-state index in [9.17, 15) is 13.2 Å². The molecule has 0 unspecified atom stereocenters. The molecule has 3 rings (SSSR count). The second-order valence-electron chi connectivity index (χ2n) is 7.46. The molecule has 5 nitrogen and oxygen atoms in total. The molecule has 0 fully saturated rings. The molecule has 0 aliphatic rings. The lowest BCUT2D eigenvalue weighted by Gasteiger charge is -2.12. The molecule has 3 aromatic rings. The number of carbonyl (C=O) groups excluding carboxylic acids is 1. The van der Waals surface area contributed by atoms with E-state index >= 15 is 0 Å². The van der Waals surface area contributed by atoms with Crippen molar-refractivity contribution in [3.63, 3.8) is 0 Å². The van der Waals surface area contributed by atoms with E-state index < -0.39 is 10.0 Å². The molecule has 0 bridgehead atoms. The Morgan fingerprint density at radius 1 is 0.970 bits per heavy atom. The van der Waals surface area contributed by atoms with Crippen molar-refractivity contribution in [3.8, 4) is 0 Å². The lowest BCUT2D eigenvalue weighted by atomic mass is 10.1. The van der Waals surface area contributed by atoms with Crippen LogP contribution in [-0.2, 0) is 15.8 Å². The molecule has 0 atom stereocenters. The number of amides is 1. The zero-order chi connectivity index (χ0) is 24.0. The zero-order valence-electron chi connectivity index (χ0n) is 18.2. The minimum absolute atomic E-state index is 0.185. The molecule has 0 aliphatic carbocycles. The summed E-state index contributed by atoms with van der Waals surface area (Å²) < 4.78 is 27.8. The van der Waals surface area contributed by atoms with Gasteiger partial charge in [-0.3, -0.25) is 9.52 Å². The fourth-order valence-electron chi connectivity index (χ4n) is 3.02. The second-order valence-corrected chi connectivity index (χ2v) is 11.1. The molecule has 0 saturated carbocycles. The van der Waals surface area contributed by atoms with Crippen molar-refractivity contribution in [2.45, 2.75) is 24.5 Å². The van der Waals surface area contributed by atoms with E-state index in [0.717, 1.165) is 11.1 Å². The van der Waals surface area contributed by atoms with E-state index in [1.54, 1.807) is 79.3 Å². The standard InChI is InChI=1S/C24H24Cl2N2O3S2/c1-16-6-9-19(10-7-16)33(30,31)28-23-11-8-18(14-17(23)2)24(29)27-12-13-32-15-20-21(25)4-3-5-22(20)26/h3-11,14,28H,12-13,15H2,1-2H3,(H,27,29). The van der Waals surface area contributed by atoms with Crippen molar-refractivity contribution >= 4 is 56.6 Å². The van der Waals surface area contributed by atoms with Gasteiger partial charge in [-0.15, -0.1) is 0 Å². The van der Waals surface area contributed by atoms with Gasteiger partial charge in [-0.25, -0.2) is 8.42 Å². The number of nitrogens with one attached hydrogen (secondary N) is 2. The quantitative estimate of drug-likeness (QED) is 0.334. The summed E-state index contributed by atoms with van der Waals surface area (Å²) in [6, 6.07) is 16.9. The largest absolute Gasteiger partial charge is 0.351 e. The van der Waals surface area contributed by atoms with Crippen LogP contribution in [0, 0.1) is 13.8 Å². The van der Waals surface area contributed by atoms with E-state index in [0.29, 0.717) is 44.9 Å². The van der Waals surface area contributed by atoms with Crippen molar-refractivity contribution in [3.05, 3.63) is 93.0 Å². The van der Waals surface area contributed by atoms with Gasteiger partial charge in [0.1, 0.15) is 0 Å². The lowest BCUT2D eigenvalue weighted by Crippen LogP contribution is -2.26. The highest BCUT2D eigenvalue weighted by Gasteiger charge is 2.16. The molecule has 1 amide bonds. The Hall–Kier alpha value is -2.19. The summed E-state index contributed by atoms with van der Waals surface area (Å²) in [5.41, 5.74) is 3.41. The molecule has 2 N–H and O–H groups in total. The number of thioether (sulfide) groups is 1. The summed E-state index contributed by atoms with van der Waals surface area (Å²) in [5, 5.41) is 4.14. The number of benzene rings is 3. The highest BCUT2D eigenvalue weighted by molar-refractivity contribution is 7.98. The number of hydrogen-bond donors (Lipinski definition) is 2. The van der Waals surface area contributed by atoms with Gasteiger partial charge in [0.15, 0.2) is 0 Å². The lowest BCUT2D eigenvalue weighted by molar-refractivity contribution is 0.0956. The predicted octanol–water partition coefficient (Wildman–Crippen LogP) is 6.07. The average molecular weight is 524 g/mol. The first kappa shape index (κ1) is 25.4. The van der Waals surface area contributed by atoms with Gasteiger partial charge in [-0.1, -0.05) is 47.0 Å². The van der Waals surface area contributed by atoms with E-state index in [1.165, 1.54) is 0 Å². The molecule has 174 valence electrons. The first-order chi connectivity index (χ1) is 15.7. The van der Waals surface area contributed by atoms with Crippen LogP contribution in [0.4, 0.5) is 5.69 Å². The Bertz CT molecular complexity index is 1230. The number of halogens is 2. The average Bonchev–Trinajstić information content (AvgIpc) is 2.76. The molecule has 0 aromatic heterocycles. The SMILES string of the molecule is Cc1ccc(S(=O)(=O)Nc2ccc(C(=O)NCCSCc3c(Cl)cccc3Cl)cc2C)cc1. The molecule has 9 heteroatoms. The first-order valence-corrected chi connectivity index (χ1v) is 13.6. The summed E-state index contributed by atoms with van der Waals surface area (Å²) in [6.07, 6.45) is 0. The van der Waals surface area contributed by atoms with E-state index in [1.807, 2.05) is 6.92 Å². The number of aryl methyl sites for hydroxylation is 2. The van der Waals surface area contributed by atoms with Gasteiger partial charge >= 0.3 is 0 Å². The summed E-state index contributed by atoms with van der Waals surface area (Å²) >= 11 is 14.0. The van der Waals surface area contributed by atoms with E-state index in [2.05, 4.69) is 10.0 Å². The highest BCUT2D eigenvalue weighted by Crippen LogP contribution is 2.28. The van der Waals surface area contributed by atoms with Crippen molar-refractivity contribution in [2.24, 2.45) is 0 Å². The van der Waals surface area contributed by atoms with Crippen LogP contribution in [0.25, 0.3) is 0 Å². The minimum atomic E-state index is -3.71. The summed E-state index contributed by atoms with van der Waals surface area (Å²) in [5.74, 6) is 1.13. The molecular weight excluding hydrogens is 499 g/mol.